The zero-order chi connectivity index (χ0) is 31.5. The molecular formula is C38H31F3N4O. The molecule has 9 rings (SSSR count). The van der Waals surface area contributed by atoms with Crippen LogP contribution >= 0.6 is 0 Å². The minimum Gasteiger partial charge on any atom is -0.481 e. The van der Waals surface area contributed by atoms with E-state index in [9.17, 15) is 13.2 Å². The first-order chi connectivity index (χ1) is 22.3. The van der Waals surface area contributed by atoms with Gasteiger partial charge in [-0.1, -0.05) is 62.4 Å². The zero-order valence-corrected chi connectivity index (χ0v) is 25.7. The molecule has 3 aromatic heterocycles. The molecule has 230 valence electrons. The van der Waals surface area contributed by atoms with Crippen molar-refractivity contribution in [1.82, 2.24) is 19.1 Å². The van der Waals surface area contributed by atoms with Crippen LogP contribution in [0.2, 0.25) is 0 Å². The van der Waals surface area contributed by atoms with Gasteiger partial charge in [-0.25, -0.2) is 0 Å². The molecule has 2 aromatic carbocycles. The van der Waals surface area contributed by atoms with Gasteiger partial charge in [-0.05, 0) is 67.8 Å². The smallest absolute Gasteiger partial charge is 0.435 e. The summed E-state index contributed by atoms with van der Waals surface area (Å²) < 4.78 is 53.2. The van der Waals surface area contributed by atoms with E-state index in [1.54, 1.807) is 4.68 Å². The maximum atomic E-state index is 14.3. The minimum absolute atomic E-state index is 0.160. The second-order valence-corrected chi connectivity index (χ2v) is 12.5. The number of halogens is 3. The van der Waals surface area contributed by atoms with Gasteiger partial charge < -0.3 is 14.0 Å². The highest BCUT2D eigenvalue weighted by molar-refractivity contribution is 6.06. The number of para-hydroxylation sites is 1. The van der Waals surface area contributed by atoms with Crippen molar-refractivity contribution in [2.75, 3.05) is 6.54 Å². The van der Waals surface area contributed by atoms with Crippen molar-refractivity contribution < 1.29 is 17.9 Å². The van der Waals surface area contributed by atoms with E-state index in [-0.39, 0.29) is 6.10 Å². The van der Waals surface area contributed by atoms with Gasteiger partial charge >= 0.3 is 6.18 Å². The van der Waals surface area contributed by atoms with E-state index in [1.807, 2.05) is 24.3 Å². The molecule has 0 N–H and O–H groups in total. The van der Waals surface area contributed by atoms with Gasteiger partial charge in [0, 0.05) is 33.5 Å². The number of hydrogen-bond donors (Lipinski definition) is 0. The molecule has 8 heteroatoms. The summed E-state index contributed by atoms with van der Waals surface area (Å²) in [6.07, 6.45) is 10.6. The molecule has 1 aliphatic carbocycles. The lowest BCUT2D eigenvalue weighted by molar-refractivity contribution is -0.141. The number of fused-ring (bicyclic) bond motifs is 11. The normalized spacial score (nSPS) is 20.7. The number of benzene rings is 2. The Kier molecular flexibility index (Phi) is 5.52. The summed E-state index contributed by atoms with van der Waals surface area (Å²) in [6, 6.07) is 16.0. The van der Waals surface area contributed by atoms with Crippen molar-refractivity contribution in [3.8, 4) is 5.75 Å². The fourth-order valence-electron chi connectivity index (χ4n) is 8.24. The molecule has 0 bridgehead atoms. The molecule has 0 saturated carbocycles. The Labute approximate surface area is 263 Å². The third-order valence-electron chi connectivity index (χ3n) is 10.3. The summed E-state index contributed by atoms with van der Waals surface area (Å²) in [5.41, 5.74) is 4.80. The number of alkyl halides is 3. The van der Waals surface area contributed by atoms with Crippen molar-refractivity contribution in [2.45, 2.75) is 51.4 Å². The van der Waals surface area contributed by atoms with E-state index >= 15 is 0 Å². The van der Waals surface area contributed by atoms with Crippen molar-refractivity contribution in [2.24, 2.45) is 0 Å². The highest BCUT2D eigenvalue weighted by atomic mass is 19.4. The molecule has 0 spiro atoms. The number of hydrogen-bond acceptors (Lipinski definition) is 3. The molecule has 5 nitrogen and oxygen atoms in total. The lowest BCUT2D eigenvalue weighted by Gasteiger charge is -2.47. The Morgan fingerprint density at radius 3 is 2.61 bits per heavy atom. The summed E-state index contributed by atoms with van der Waals surface area (Å²) in [5, 5.41) is 9.65. The number of nitrogens with zero attached hydrogens (tertiary/aromatic N) is 4. The average Bonchev–Trinajstić information content (AvgIpc) is 3.77. The SMILES string of the molecule is CCC1(CC)/C(=c2\c3ccc4c(c3c3cc(C)c5ccccc5n23)=C2C=CC=CC2O4)N2CC=CC=C2c2cc(C(F)(F)F)nn21. The van der Waals surface area contributed by atoms with Crippen LogP contribution in [-0.2, 0) is 11.7 Å². The molecule has 5 aromatic rings. The molecule has 0 radical (unpaired) electrons. The van der Waals surface area contributed by atoms with E-state index in [4.69, 9.17) is 4.74 Å². The van der Waals surface area contributed by atoms with Crippen LogP contribution in [0.5, 0.6) is 5.75 Å². The van der Waals surface area contributed by atoms with Gasteiger partial charge in [0.05, 0.1) is 33.5 Å². The summed E-state index contributed by atoms with van der Waals surface area (Å²) in [7, 11) is 0. The molecule has 3 aliphatic heterocycles. The molecule has 6 heterocycles. The van der Waals surface area contributed by atoms with Crippen LogP contribution in [0, 0.1) is 6.92 Å². The van der Waals surface area contributed by atoms with Crippen LogP contribution in [0.3, 0.4) is 0 Å². The number of rotatable bonds is 2. The second-order valence-electron chi connectivity index (χ2n) is 12.5. The molecule has 4 aliphatic rings. The Morgan fingerprint density at radius 1 is 0.978 bits per heavy atom. The second kappa shape index (κ2) is 9.28. The predicted octanol–water partition coefficient (Wildman–Crippen LogP) is 7.36. The highest BCUT2D eigenvalue weighted by Gasteiger charge is 2.48. The van der Waals surface area contributed by atoms with Crippen molar-refractivity contribution in [3.05, 3.63) is 119 Å². The van der Waals surface area contributed by atoms with Gasteiger partial charge in [-0.15, -0.1) is 0 Å². The van der Waals surface area contributed by atoms with Crippen LogP contribution < -0.4 is 15.3 Å². The van der Waals surface area contributed by atoms with E-state index < -0.39 is 17.4 Å². The van der Waals surface area contributed by atoms with Gasteiger partial charge in [0.15, 0.2) is 5.69 Å². The maximum absolute atomic E-state index is 14.3. The molecule has 0 amide bonds. The third-order valence-corrected chi connectivity index (χ3v) is 10.3. The lowest BCUT2D eigenvalue weighted by Crippen LogP contribution is -2.50. The Balaban J connectivity index is 1.57. The Hall–Kier alpha value is -4.98. The highest BCUT2D eigenvalue weighted by Crippen LogP contribution is 2.48. The minimum atomic E-state index is -4.56. The monoisotopic (exact) mass is 616 g/mol. The van der Waals surface area contributed by atoms with Crippen LogP contribution in [0.25, 0.3) is 44.2 Å². The summed E-state index contributed by atoms with van der Waals surface area (Å²) in [5.74, 6) is 0.838. The molecule has 0 fully saturated rings. The third kappa shape index (κ3) is 3.39. The van der Waals surface area contributed by atoms with Gasteiger partial charge in [0.2, 0.25) is 0 Å². The largest absolute Gasteiger partial charge is 0.481 e. The van der Waals surface area contributed by atoms with Crippen molar-refractivity contribution in [3.63, 3.8) is 0 Å². The van der Waals surface area contributed by atoms with Crippen LogP contribution in [0.4, 0.5) is 13.2 Å². The van der Waals surface area contributed by atoms with Gasteiger partial charge in [-0.3, -0.25) is 4.68 Å². The van der Waals surface area contributed by atoms with Gasteiger partial charge in [-0.2, -0.15) is 18.3 Å². The van der Waals surface area contributed by atoms with E-state index in [0.717, 1.165) is 66.0 Å². The number of allylic oxidation sites excluding steroid dienone is 4. The number of aromatic nitrogens is 3. The zero-order valence-electron chi connectivity index (χ0n) is 25.7. The molecule has 0 saturated heterocycles. The van der Waals surface area contributed by atoms with Crippen LogP contribution in [0.1, 0.15) is 43.6 Å². The fraction of sp³-hybridized carbons (Fsp3) is 0.237. The summed E-state index contributed by atoms with van der Waals surface area (Å²) in [4.78, 5) is 2.23. The van der Waals surface area contributed by atoms with Gasteiger partial charge in [0.25, 0.3) is 0 Å². The first kappa shape index (κ1) is 27.3. The number of pyridine rings is 1. The standard InChI is InChI=1S/C38H31F3N4O/c1-4-37(5-2)36(43-19-11-10-15-27(43)28-21-32(38(39,40)41)42-45(28)37)35-25-17-18-31-34(24-13-7-9-16-30(24)46-31)33(25)29-20-22(3)23-12-6-8-14-26(23)44(29)35/h6-18,20-21,30H,4-5,19H2,1-3H3/b36-35-. The van der Waals surface area contributed by atoms with E-state index in [2.05, 4.69) is 95.9 Å². The molecule has 1 unspecified atom stereocenters. The fourth-order valence-corrected chi connectivity index (χ4v) is 8.24. The first-order valence-electron chi connectivity index (χ1n) is 15.9. The van der Waals surface area contributed by atoms with E-state index in [0.29, 0.717) is 25.1 Å². The Morgan fingerprint density at radius 2 is 1.80 bits per heavy atom. The van der Waals surface area contributed by atoms with Crippen LogP contribution in [0.15, 0.2) is 91.1 Å². The Bertz CT molecular complexity index is 2410. The van der Waals surface area contributed by atoms with Gasteiger partial charge in [0.1, 0.15) is 17.4 Å². The average molecular weight is 617 g/mol. The predicted molar refractivity (Wildman–Crippen MR) is 176 cm³/mol. The van der Waals surface area contributed by atoms with Crippen molar-refractivity contribution in [1.29, 1.82) is 0 Å². The number of aryl methyl sites for hydroxylation is 1. The summed E-state index contributed by atoms with van der Waals surface area (Å²) >= 11 is 0. The molecule has 46 heavy (non-hydrogen) atoms. The number of ether oxygens (including phenoxy) is 1. The van der Waals surface area contributed by atoms with E-state index in [1.165, 1.54) is 6.07 Å². The quantitative estimate of drug-likeness (QED) is 0.208. The topological polar surface area (TPSA) is 34.7 Å². The molecular weight excluding hydrogens is 585 g/mol. The maximum Gasteiger partial charge on any atom is 0.435 e. The lowest BCUT2D eigenvalue weighted by atomic mass is 9.83. The van der Waals surface area contributed by atoms with Crippen molar-refractivity contribution >= 4 is 44.2 Å². The van der Waals surface area contributed by atoms with Crippen LogP contribution in [-0.4, -0.2) is 31.7 Å². The summed E-state index contributed by atoms with van der Waals surface area (Å²) in [6.45, 7) is 6.79. The first-order valence-corrected chi connectivity index (χ1v) is 15.9. The molecule has 1 atom stereocenters.